The predicted molar refractivity (Wildman–Crippen MR) is 131 cm³/mol. The SMILES string of the molecule is Brc1cccc(Nc2nc(N/N=C\c3ccc(I)cc3)nc(N3CCOCC3)n2)c1. The lowest BCUT2D eigenvalue weighted by molar-refractivity contribution is 0.122. The molecule has 30 heavy (non-hydrogen) atoms. The van der Waals surface area contributed by atoms with E-state index in [9.17, 15) is 0 Å². The molecule has 2 N–H and O–H groups in total. The number of morpholine rings is 1. The summed E-state index contributed by atoms with van der Waals surface area (Å²) in [6.07, 6.45) is 1.73. The highest BCUT2D eigenvalue weighted by molar-refractivity contribution is 14.1. The van der Waals surface area contributed by atoms with Crippen LogP contribution in [0.4, 0.5) is 23.5 Å². The molecule has 1 aromatic heterocycles. The van der Waals surface area contributed by atoms with E-state index in [1.54, 1.807) is 6.21 Å². The van der Waals surface area contributed by atoms with Crippen molar-refractivity contribution in [1.29, 1.82) is 0 Å². The Labute approximate surface area is 196 Å². The Morgan fingerprint density at radius 3 is 2.57 bits per heavy atom. The zero-order chi connectivity index (χ0) is 20.8. The number of anilines is 4. The zero-order valence-corrected chi connectivity index (χ0v) is 19.7. The molecule has 0 unspecified atom stereocenters. The summed E-state index contributed by atoms with van der Waals surface area (Å²) in [5, 5.41) is 7.52. The maximum Gasteiger partial charge on any atom is 0.250 e. The molecule has 0 bridgehead atoms. The first-order chi connectivity index (χ1) is 14.7. The first kappa shape index (κ1) is 20.9. The fraction of sp³-hybridized carbons (Fsp3) is 0.200. The van der Waals surface area contributed by atoms with Crippen LogP contribution in [0.1, 0.15) is 5.56 Å². The van der Waals surface area contributed by atoms with Crippen LogP contribution < -0.4 is 15.6 Å². The van der Waals surface area contributed by atoms with Crippen molar-refractivity contribution < 1.29 is 4.74 Å². The summed E-state index contributed by atoms with van der Waals surface area (Å²) in [6, 6.07) is 15.9. The van der Waals surface area contributed by atoms with Gasteiger partial charge in [-0.3, -0.25) is 0 Å². The van der Waals surface area contributed by atoms with Gasteiger partial charge >= 0.3 is 0 Å². The average molecular weight is 580 g/mol. The Hall–Kier alpha value is -2.31. The Kier molecular flexibility index (Phi) is 7.07. The topological polar surface area (TPSA) is 87.6 Å². The van der Waals surface area contributed by atoms with E-state index in [1.807, 2.05) is 48.5 Å². The molecule has 1 saturated heterocycles. The van der Waals surface area contributed by atoms with E-state index in [1.165, 1.54) is 3.57 Å². The maximum atomic E-state index is 5.44. The van der Waals surface area contributed by atoms with Crippen LogP contribution in [0.3, 0.4) is 0 Å². The summed E-state index contributed by atoms with van der Waals surface area (Å²) < 4.78 is 7.58. The van der Waals surface area contributed by atoms with Crippen LogP contribution in [0.5, 0.6) is 0 Å². The number of benzene rings is 2. The number of nitrogens with zero attached hydrogens (tertiary/aromatic N) is 5. The molecule has 4 rings (SSSR count). The van der Waals surface area contributed by atoms with E-state index in [0.717, 1.165) is 28.8 Å². The summed E-state index contributed by atoms with van der Waals surface area (Å²) in [5.74, 6) is 1.39. The van der Waals surface area contributed by atoms with Crippen molar-refractivity contribution in [2.45, 2.75) is 0 Å². The Morgan fingerprint density at radius 1 is 1.03 bits per heavy atom. The predicted octanol–water partition coefficient (Wildman–Crippen LogP) is 4.26. The van der Waals surface area contributed by atoms with Crippen LogP contribution in [0.2, 0.25) is 0 Å². The lowest BCUT2D eigenvalue weighted by Gasteiger charge is -2.27. The van der Waals surface area contributed by atoms with Crippen LogP contribution in [0, 0.1) is 3.57 Å². The van der Waals surface area contributed by atoms with Crippen molar-refractivity contribution in [1.82, 2.24) is 15.0 Å². The van der Waals surface area contributed by atoms with Crippen molar-refractivity contribution in [3.8, 4) is 0 Å². The van der Waals surface area contributed by atoms with Crippen LogP contribution in [0.25, 0.3) is 0 Å². The molecule has 0 aliphatic carbocycles. The molecule has 2 aromatic carbocycles. The highest BCUT2D eigenvalue weighted by Crippen LogP contribution is 2.21. The van der Waals surface area contributed by atoms with Crippen molar-refractivity contribution in [2.24, 2.45) is 5.10 Å². The third kappa shape index (κ3) is 5.86. The maximum absolute atomic E-state index is 5.44. The second kappa shape index (κ2) is 10.1. The minimum atomic E-state index is 0.366. The van der Waals surface area contributed by atoms with Crippen LogP contribution in [-0.2, 0) is 4.74 Å². The standard InChI is InChI=1S/C20H19BrIN7O/c21-15-2-1-3-17(12-15)24-18-25-19(27-20(26-18)29-8-10-30-11-9-29)28-23-13-14-4-6-16(22)7-5-14/h1-7,12-13H,8-11H2,(H2,24,25,26,27,28)/b23-13-. The van der Waals surface area contributed by atoms with Gasteiger partial charge in [-0.1, -0.05) is 34.1 Å². The molecule has 1 aliphatic heterocycles. The summed E-state index contributed by atoms with van der Waals surface area (Å²) in [7, 11) is 0. The summed E-state index contributed by atoms with van der Waals surface area (Å²) >= 11 is 5.75. The third-order valence-electron chi connectivity index (χ3n) is 4.25. The van der Waals surface area contributed by atoms with Gasteiger partial charge in [0.1, 0.15) is 0 Å². The van der Waals surface area contributed by atoms with E-state index >= 15 is 0 Å². The molecule has 0 saturated carbocycles. The van der Waals surface area contributed by atoms with Gasteiger partial charge < -0.3 is 15.0 Å². The van der Waals surface area contributed by atoms with Gasteiger partial charge in [0.05, 0.1) is 19.4 Å². The minimum absolute atomic E-state index is 0.366. The Morgan fingerprint density at radius 2 is 1.80 bits per heavy atom. The summed E-state index contributed by atoms with van der Waals surface area (Å²) in [4.78, 5) is 15.7. The van der Waals surface area contributed by atoms with Gasteiger partial charge in [-0.05, 0) is 58.5 Å². The Balaban J connectivity index is 1.56. The summed E-state index contributed by atoms with van der Waals surface area (Å²) in [5.41, 5.74) is 4.78. The van der Waals surface area contributed by atoms with Gasteiger partial charge in [-0.15, -0.1) is 0 Å². The van der Waals surface area contributed by atoms with Crippen molar-refractivity contribution in [3.05, 3.63) is 62.1 Å². The number of hydrogen-bond acceptors (Lipinski definition) is 8. The number of halogens is 2. The Bertz CT molecular complexity index is 1030. The lowest BCUT2D eigenvalue weighted by Crippen LogP contribution is -2.37. The molecule has 10 heteroatoms. The van der Waals surface area contributed by atoms with Crippen LogP contribution in [0.15, 0.2) is 58.1 Å². The van der Waals surface area contributed by atoms with Gasteiger partial charge in [0.15, 0.2) is 0 Å². The van der Waals surface area contributed by atoms with Gasteiger partial charge in [0, 0.05) is 26.8 Å². The van der Waals surface area contributed by atoms with E-state index in [4.69, 9.17) is 4.74 Å². The molecule has 0 spiro atoms. The van der Waals surface area contributed by atoms with Gasteiger partial charge in [-0.2, -0.15) is 20.1 Å². The van der Waals surface area contributed by atoms with Crippen molar-refractivity contribution in [3.63, 3.8) is 0 Å². The van der Waals surface area contributed by atoms with E-state index in [0.29, 0.717) is 31.1 Å². The summed E-state index contributed by atoms with van der Waals surface area (Å²) in [6.45, 7) is 2.75. The molecule has 0 amide bonds. The average Bonchev–Trinajstić information content (AvgIpc) is 2.76. The highest BCUT2D eigenvalue weighted by Gasteiger charge is 2.16. The van der Waals surface area contributed by atoms with Crippen molar-refractivity contribution in [2.75, 3.05) is 41.9 Å². The largest absolute Gasteiger partial charge is 0.378 e. The molecule has 3 aromatic rings. The quantitative estimate of drug-likeness (QED) is 0.256. The molecule has 0 atom stereocenters. The smallest absolute Gasteiger partial charge is 0.250 e. The molecule has 2 heterocycles. The number of ether oxygens (including phenoxy) is 1. The van der Waals surface area contributed by atoms with E-state index in [2.05, 4.69) is 74.2 Å². The second-order valence-electron chi connectivity index (χ2n) is 6.44. The number of hydrogen-bond donors (Lipinski definition) is 2. The van der Waals surface area contributed by atoms with Gasteiger partial charge in [-0.25, -0.2) is 5.43 Å². The molecular weight excluding hydrogens is 561 g/mol. The molecule has 8 nitrogen and oxygen atoms in total. The fourth-order valence-corrected chi connectivity index (χ4v) is 3.54. The van der Waals surface area contributed by atoms with Gasteiger partial charge in [0.2, 0.25) is 17.8 Å². The number of aromatic nitrogens is 3. The number of nitrogens with one attached hydrogen (secondary N) is 2. The molecule has 154 valence electrons. The van der Waals surface area contributed by atoms with Crippen LogP contribution in [-0.4, -0.2) is 47.5 Å². The molecule has 1 aliphatic rings. The molecule has 0 radical (unpaired) electrons. The number of rotatable bonds is 6. The van der Waals surface area contributed by atoms with Gasteiger partial charge in [0.25, 0.3) is 0 Å². The molecule has 1 fully saturated rings. The first-order valence-electron chi connectivity index (χ1n) is 9.32. The zero-order valence-electron chi connectivity index (χ0n) is 15.9. The monoisotopic (exact) mass is 579 g/mol. The second-order valence-corrected chi connectivity index (χ2v) is 8.60. The lowest BCUT2D eigenvalue weighted by atomic mass is 10.2. The van der Waals surface area contributed by atoms with E-state index in [-0.39, 0.29) is 0 Å². The number of hydrazone groups is 1. The fourth-order valence-electron chi connectivity index (χ4n) is 2.78. The highest BCUT2D eigenvalue weighted by atomic mass is 127. The normalized spacial score (nSPS) is 14.1. The first-order valence-corrected chi connectivity index (χ1v) is 11.2. The van der Waals surface area contributed by atoms with Crippen molar-refractivity contribution >= 4 is 68.3 Å². The molecular formula is C20H19BrIN7O. The third-order valence-corrected chi connectivity index (χ3v) is 5.46. The minimum Gasteiger partial charge on any atom is -0.378 e. The van der Waals surface area contributed by atoms with E-state index < -0.39 is 0 Å². The van der Waals surface area contributed by atoms with Crippen LogP contribution >= 0.6 is 38.5 Å².